The molecule has 0 aromatic carbocycles. The Morgan fingerprint density at radius 1 is 1.67 bits per heavy atom. The molecule has 4 nitrogen and oxygen atoms in total. The molecule has 0 amide bonds. The Bertz CT molecular complexity index is 341. The summed E-state index contributed by atoms with van der Waals surface area (Å²) in [6.07, 6.45) is 1.26. The van der Waals surface area contributed by atoms with Crippen LogP contribution in [-0.4, -0.2) is 22.4 Å². The third-order valence-corrected chi connectivity index (χ3v) is 3.06. The van der Waals surface area contributed by atoms with Crippen LogP contribution in [0.4, 0.5) is 0 Å². The topological polar surface area (TPSA) is 76.5 Å². The average Bonchev–Trinajstić information content (AvgIpc) is 2.50. The largest absolute Gasteiger partial charge is 0.478 e. The second-order valence-corrected chi connectivity index (χ2v) is 5.07. The number of furan rings is 1. The highest BCUT2D eigenvalue weighted by Gasteiger charge is 2.12. The van der Waals surface area contributed by atoms with Gasteiger partial charge >= 0.3 is 5.97 Å². The van der Waals surface area contributed by atoms with E-state index in [-0.39, 0.29) is 11.1 Å². The lowest BCUT2D eigenvalue weighted by atomic mass is 10.1. The van der Waals surface area contributed by atoms with Gasteiger partial charge in [0.1, 0.15) is 12.0 Å². The van der Waals surface area contributed by atoms with Crippen LogP contribution in [0.15, 0.2) is 16.7 Å². The number of carbonyl (C=O) groups is 1. The van der Waals surface area contributed by atoms with Crippen LogP contribution in [0, 0.1) is 0 Å². The molecule has 0 bridgehead atoms. The van der Waals surface area contributed by atoms with Crippen LogP contribution in [0.2, 0.25) is 0 Å². The fraction of sp³-hybridized carbons (Fsp3) is 0.500. The molecule has 0 fully saturated rings. The average molecular weight is 229 g/mol. The van der Waals surface area contributed by atoms with Crippen LogP contribution in [0.1, 0.15) is 30.0 Å². The highest BCUT2D eigenvalue weighted by molar-refractivity contribution is 7.98. The van der Waals surface area contributed by atoms with Crippen molar-refractivity contribution in [2.45, 2.75) is 25.1 Å². The number of nitrogens with two attached hydrogens (primary N) is 1. The maximum atomic E-state index is 10.6. The summed E-state index contributed by atoms with van der Waals surface area (Å²) in [7, 11) is 0. The molecule has 0 saturated heterocycles. The van der Waals surface area contributed by atoms with Crippen molar-refractivity contribution in [1.82, 2.24) is 0 Å². The number of rotatable bonds is 5. The molecule has 0 unspecified atom stereocenters. The molecule has 0 saturated carbocycles. The van der Waals surface area contributed by atoms with E-state index in [9.17, 15) is 4.79 Å². The Morgan fingerprint density at radius 2 is 2.33 bits per heavy atom. The van der Waals surface area contributed by atoms with Gasteiger partial charge in [0.2, 0.25) is 0 Å². The quantitative estimate of drug-likeness (QED) is 0.807. The molecule has 0 aliphatic carbocycles. The minimum Gasteiger partial charge on any atom is -0.478 e. The normalized spacial score (nSPS) is 11.7. The van der Waals surface area contributed by atoms with Crippen molar-refractivity contribution in [2.24, 2.45) is 5.73 Å². The zero-order valence-corrected chi connectivity index (χ0v) is 9.63. The second-order valence-electron chi connectivity index (χ2n) is 4.09. The van der Waals surface area contributed by atoms with Gasteiger partial charge < -0.3 is 15.3 Å². The van der Waals surface area contributed by atoms with E-state index in [4.69, 9.17) is 15.3 Å². The van der Waals surface area contributed by atoms with Gasteiger partial charge in [0.05, 0.1) is 11.3 Å². The lowest BCUT2D eigenvalue weighted by molar-refractivity contribution is 0.0696. The standard InChI is InChI=1S/C10H15NO3S/c1-10(2,11)6-15-5-8-3-7(4-14-8)9(12)13/h3-4H,5-6,11H2,1-2H3,(H,12,13). The van der Waals surface area contributed by atoms with E-state index >= 15 is 0 Å². The Balaban J connectivity index is 2.41. The lowest BCUT2D eigenvalue weighted by Crippen LogP contribution is -2.34. The first-order valence-electron chi connectivity index (χ1n) is 4.56. The molecule has 0 atom stereocenters. The third kappa shape index (κ3) is 4.40. The molecule has 3 N–H and O–H groups in total. The Morgan fingerprint density at radius 3 is 2.80 bits per heavy atom. The van der Waals surface area contributed by atoms with Gasteiger partial charge in [-0.1, -0.05) is 0 Å². The maximum absolute atomic E-state index is 10.6. The van der Waals surface area contributed by atoms with Gasteiger partial charge in [-0.3, -0.25) is 0 Å². The van der Waals surface area contributed by atoms with Crippen molar-refractivity contribution >= 4 is 17.7 Å². The van der Waals surface area contributed by atoms with Gasteiger partial charge in [0.25, 0.3) is 0 Å². The predicted octanol–water partition coefficient (Wildman–Crippen LogP) is 1.95. The van der Waals surface area contributed by atoms with E-state index in [1.165, 1.54) is 6.26 Å². The molecule has 1 heterocycles. The Labute approximate surface area is 92.8 Å². The zero-order chi connectivity index (χ0) is 11.5. The summed E-state index contributed by atoms with van der Waals surface area (Å²) in [5.74, 6) is 1.15. The molecular weight excluding hydrogens is 214 g/mol. The summed E-state index contributed by atoms with van der Waals surface area (Å²) in [6.45, 7) is 3.90. The summed E-state index contributed by atoms with van der Waals surface area (Å²) in [5.41, 5.74) is 5.78. The Kier molecular flexibility index (Phi) is 3.82. The second kappa shape index (κ2) is 4.72. The van der Waals surface area contributed by atoms with Crippen molar-refractivity contribution in [3.05, 3.63) is 23.7 Å². The fourth-order valence-corrected chi connectivity index (χ4v) is 1.96. The first-order valence-corrected chi connectivity index (χ1v) is 5.71. The molecule has 1 rings (SSSR count). The highest BCUT2D eigenvalue weighted by atomic mass is 32.2. The number of carboxylic acid groups (broad SMARTS) is 1. The molecule has 5 heteroatoms. The third-order valence-electron chi connectivity index (χ3n) is 1.62. The maximum Gasteiger partial charge on any atom is 0.338 e. The summed E-state index contributed by atoms with van der Waals surface area (Å²) in [4.78, 5) is 10.6. The number of aromatic carboxylic acids is 1. The van der Waals surface area contributed by atoms with Crippen LogP contribution in [0.25, 0.3) is 0 Å². The van der Waals surface area contributed by atoms with Crippen LogP contribution in [-0.2, 0) is 5.75 Å². The predicted molar refractivity (Wildman–Crippen MR) is 60.1 cm³/mol. The van der Waals surface area contributed by atoms with Crippen LogP contribution in [0.3, 0.4) is 0 Å². The minimum atomic E-state index is -0.964. The lowest BCUT2D eigenvalue weighted by Gasteiger charge is -2.16. The van der Waals surface area contributed by atoms with Crippen molar-refractivity contribution in [2.75, 3.05) is 5.75 Å². The van der Waals surface area contributed by atoms with Gasteiger partial charge in [-0.15, -0.1) is 0 Å². The molecule has 84 valence electrons. The summed E-state index contributed by atoms with van der Waals surface area (Å²) < 4.78 is 5.10. The minimum absolute atomic E-state index is 0.192. The summed E-state index contributed by atoms with van der Waals surface area (Å²) in [5, 5.41) is 8.67. The van der Waals surface area contributed by atoms with E-state index in [0.717, 1.165) is 5.75 Å². The summed E-state index contributed by atoms with van der Waals surface area (Å²) >= 11 is 1.63. The fourth-order valence-electron chi connectivity index (χ4n) is 0.983. The van der Waals surface area contributed by atoms with Gasteiger partial charge in [-0.25, -0.2) is 4.79 Å². The van der Waals surface area contributed by atoms with E-state index in [1.807, 2.05) is 13.8 Å². The number of hydrogen-bond donors (Lipinski definition) is 2. The van der Waals surface area contributed by atoms with E-state index in [1.54, 1.807) is 17.8 Å². The monoisotopic (exact) mass is 229 g/mol. The van der Waals surface area contributed by atoms with E-state index in [0.29, 0.717) is 11.5 Å². The zero-order valence-electron chi connectivity index (χ0n) is 8.82. The van der Waals surface area contributed by atoms with Crippen molar-refractivity contribution in [1.29, 1.82) is 0 Å². The number of hydrogen-bond acceptors (Lipinski definition) is 4. The van der Waals surface area contributed by atoms with Crippen molar-refractivity contribution < 1.29 is 14.3 Å². The molecule has 0 spiro atoms. The molecule has 0 aliphatic rings. The SMILES string of the molecule is CC(C)(N)CSCc1cc(C(=O)O)co1. The van der Waals surface area contributed by atoms with Crippen molar-refractivity contribution in [3.63, 3.8) is 0 Å². The van der Waals surface area contributed by atoms with Gasteiger partial charge in [-0.2, -0.15) is 11.8 Å². The van der Waals surface area contributed by atoms with Gasteiger partial charge in [-0.05, 0) is 19.9 Å². The smallest absolute Gasteiger partial charge is 0.338 e. The van der Waals surface area contributed by atoms with Crippen LogP contribution >= 0.6 is 11.8 Å². The number of carboxylic acids is 1. The highest BCUT2D eigenvalue weighted by Crippen LogP contribution is 2.18. The summed E-state index contributed by atoms with van der Waals surface area (Å²) in [6, 6.07) is 1.54. The van der Waals surface area contributed by atoms with Gasteiger partial charge in [0.15, 0.2) is 0 Å². The first kappa shape index (κ1) is 12.1. The van der Waals surface area contributed by atoms with Crippen LogP contribution < -0.4 is 5.73 Å². The van der Waals surface area contributed by atoms with E-state index in [2.05, 4.69) is 0 Å². The first-order chi connectivity index (χ1) is 6.88. The van der Waals surface area contributed by atoms with E-state index < -0.39 is 5.97 Å². The molecule has 1 aromatic heterocycles. The molecular formula is C10H15NO3S. The molecule has 0 radical (unpaired) electrons. The molecule has 1 aromatic rings. The molecule has 15 heavy (non-hydrogen) atoms. The van der Waals surface area contributed by atoms with Gasteiger partial charge in [0, 0.05) is 11.3 Å². The van der Waals surface area contributed by atoms with Crippen molar-refractivity contribution in [3.8, 4) is 0 Å². The van der Waals surface area contributed by atoms with Crippen LogP contribution in [0.5, 0.6) is 0 Å². The number of thioether (sulfide) groups is 1. The Hall–Kier alpha value is -0.940. The molecule has 0 aliphatic heterocycles.